The molecule has 0 atom stereocenters. The molecule has 1 aliphatic heterocycles. The summed E-state index contributed by atoms with van der Waals surface area (Å²) < 4.78 is 31.7. The average Bonchev–Trinajstić information content (AvgIpc) is 2.47. The Bertz CT molecular complexity index is 581. The number of hydrogen-bond acceptors (Lipinski definition) is 3. The fraction of sp³-hybridized carbons (Fsp3) is 0.400. The number of alkyl halides is 2. The maximum Gasteiger partial charge on any atom is 0.256 e. The fourth-order valence-corrected chi connectivity index (χ4v) is 3.04. The topological polar surface area (TPSA) is 29.5 Å². The van der Waals surface area contributed by atoms with Crippen molar-refractivity contribution in [3.63, 3.8) is 0 Å². The number of carbonyl (C=O) groups excluding carboxylic acids is 1. The molecule has 0 N–H and O–H groups in total. The monoisotopic (exact) mass is 391 g/mol. The third-order valence-corrected chi connectivity index (χ3v) is 4.18. The summed E-state index contributed by atoms with van der Waals surface area (Å²) in [5, 5.41) is 0. The SMILES string of the molecule is CSCOc1ccc(C2=CCCC(=O)N2CC(F)F)c(Br)c1. The molecule has 1 heterocycles. The van der Waals surface area contributed by atoms with Crippen molar-refractivity contribution >= 4 is 39.3 Å². The summed E-state index contributed by atoms with van der Waals surface area (Å²) in [4.78, 5) is 13.1. The van der Waals surface area contributed by atoms with Crippen LogP contribution in [0.4, 0.5) is 8.78 Å². The number of carbonyl (C=O) groups is 1. The number of halogens is 3. The van der Waals surface area contributed by atoms with E-state index < -0.39 is 13.0 Å². The molecule has 22 heavy (non-hydrogen) atoms. The normalized spacial score (nSPS) is 15.2. The highest BCUT2D eigenvalue weighted by molar-refractivity contribution is 9.10. The molecule has 1 aliphatic rings. The van der Waals surface area contributed by atoms with Gasteiger partial charge in [-0.1, -0.05) is 6.08 Å². The van der Waals surface area contributed by atoms with E-state index in [0.29, 0.717) is 33.8 Å². The molecular weight excluding hydrogens is 376 g/mol. The molecular formula is C15H16BrF2NO2S. The van der Waals surface area contributed by atoms with Gasteiger partial charge in [0, 0.05) is 22.2 Å². The Balaban J connectivity index is 2.28. The van der Waals surface area contributed by atoms with Gasteiger partial charge in [0.1, 0.15) is 11.7 Å². The van der Waals surface area contributed by atoms with Crippen molar-refractivity contribution in [1.82, 2.24) is 4.90 Å². The van der Waals surface area contributed by atoms with Crippen LogP contribution in [0.15, 0.2) is 28.7 Å². The van der Waals surface area contributed by atoms with Gasteiger partial charge in [0.05, 0.1) is 6.54 Å². The predicted octanol–water partition coefficient (Wildman–Crippen LogP) is 4.38. The van der Waals surface area contributed by atoms with Crippen molar-refractivity contribution in [3.8, 4) is 5.75 Å². The van der Waals surface area contributed by atoms with Crippen LogP contribution in [0.2, 0.25) is 0 Å². The second kappa shape index (κ2) is 7.97. The van der Waals surface area contributed by atoms with Gasteiger partial charge in [0.25, 0.3) is 6.43 Å². The lowest BCUT2D eigenvalue weighted by molar-refractivity contribution is -0.129. The molecule has 3 nitrogen and oxygen atoms in total. The van der Waals surface area contributed by atoms with E-state index in [1.54, 1.807) is 30.0 Å². The van der Waals surface area contributed by atoms with Crippen LogP contribution in [-0.4, -0.2) is 36.0 Å². The van der Waals surface area contributed by atoms with Gasteiger partial charge in [0.2, 0.25) is 5.91 Å². The first-order chi connectivity index (χ1) is 10.5. The highest BCUT2D eigenvalue weighted by Crippen LogP contribution is 2.33. The molecule has 0 saturated carbocycles. The third kappa shape index (κ3) is 4.23. The molecule has 0 saturated heterocycles. The lowest BCUT2D eigenvalue weighted by Crippen LogP contribution is -2.35. The Morgan fingerprint density at radius 2 is 2.23 bits per heavy atom. The molecule has 1 aromatic carbocycles. The van der Waals surface area contributed by atoms with E-state index in [1.165, 1.54) is 0 Å². The first-order valence-electron chi connectivity index (χ1n) is 6.73. The number of thioether (sulfide) groups is 1. The number of ether oxygens (including phenoxy) is 1. The maximum absolute atomic E-state index is 12.7. The molecule has 0 spiro atoms. The van der Waals surface area contributed by atoms with E-state index in [1.807, 2.05) is 12.3 Å². The van der Waals surface area contributed by atoms with Crippen molar-refractivity contribution in [1.29, 1.82) is 0 Å². The highest BCUT2D eigenvalue weighted by atomic mass is 79.9. The smallest absolute Gasteiger partial charge is 0.256 e. The Hall–Kier alpha value is -1.08. The van der Waals surface area contributed by atoms with Crippen LogP contribution in [0.5, 0.6) is 5.75 Å². The molecule has 120 valence electrons. The molecule has 0 unspecified atom stereocenters. The largest absolute Gasteiger partial charge is 0.483 e. The molecule has 0 aromatic heterocycles. The first kappa shape index (κ1) is 17.3. The lowest BCUT2D eigenvalue weighted by atomic mass is 10.0. The summed E-state index contributed by atoms with van der Waals surface area (Å²) in [5.41, 5.74) is 1.24. The maximum atomic E-state index is 12.7. The Kier molecular flexibility index (Phi) is 6.26. The van der Waals surface area contributed by atoms with Gasteiger partial charge >= 0.3 is 0 Å². The number of nitrogens with zero attached hydrogens (tertiary/aromatic N) is 1. The standard InChI is InChI=1S/C15H16BrF2NO2S/c1-22-9-21-10-5-6-11(12(16)7-10)13-3-2-4-15(20)19(13)8-14(17)18/h3,5-7,14H,2,4,8-9H2,1H3. The molecule has 1 aromatic rings. The number of amides is 1. The number of allylic oxidation sites excluding steroid dienone is 1. The minimum Gasteiger partial charge on any atom is -0.483 e. The zero-order chi connectivity index (χ0) is 16.1. The number of rotatable bonds is 6. The van der Waals surface area contributed by atoms with Gasteiger partial charge in [-0.3, -0.25) is 4.79 Å². The van der Waals surface area contributed by atoms with Crippen LogP contribution < -0.4 is 4.74 Å². The van der Waals surface area contributed by atoms with Crippen LogP contribution in [0.3, 0.4) is 0 Å². The van der Waals surface area contributed by atoms with Crippen molar-refractivity contribution < 1.29 is 18.3 Å². The van der Waals surface area contributed by atoms with Gasteiger partial charge in [-0.15, -0.1) is 11.8 Å². The number of benzene rings is 1. The zero-order valence-electron chi connectivity index (χ0n) is 12.0. The molecule has 0 aliphatic carbocycles. The molecule has 7 heteroatoms. The van der Waals surface area contributed by atoms with E-state index in [-0.39, 0.29) is 12.3 Å². The van der Waals surface area contributed by atoms with E-state index in [2.05, 4.69) is 15.9 Å². The van der Waals surface area contributed by atoms with Crippen molar-refractivity contribution in [2.24, 2.45) is 0 Å². The summed E-state index contributed by atoms with van der Waals surface area (Å²) in [6.45, 7) is -0.582. The van der Waals surface area contributed by atoms with Crippen molar-refractivity contribution in [2.45, 2.75) is 19.3 Å². The second-order valence-corrected chi connectivity index (χ2v) is 6.38. The summed E-state index contributed by atoms with van der Waals surface area (Å²) >= 11 is 4.99. The Labute approximate surface area is 140 Å². The van der Waals surface area contributed by atoms with Crippen molar-refractivity contribution in [3.05, 3.63) is 34.3 Å². The summed E-state index contributed by atoms with van der Waals surface area (Å²) in [6.07, 6.45) is 2.03. The van der Waals surface area contributed by atoms with Crippen LogP contribution >= 0.6 is 27.7 Å². The third-order valence-electron chi connectivity index (χ3n) is 3.17. The fourth-order valence-electron chi connectivity index (χ4n) is 2.23. The second-order valence-electron chi connectivity index (χ2n) is 4.72. The summed E-state index contributed by atoms with van der Waals surface area (Å²) in [7, 11) is 0. The lowest BCUT2D eigenvalue weighted by Gasteiger charge is -2.29. The predicted molar refractivity (Wildman–Crippen MR) is 88.1 cm³/mol. The molecule has 0 radical (unpaired) electrons. The van der Waals surface area contributed by atoms with E-state index in [0.717, 1.165) is 4.90 Å². The van der Waals surface area contributed by atoms with E-state index >= 15 is 0 Å². The van der Waals surface area contributed by atoms with Gasteiger partial charge < -0.3 is 9.64 Å². The van der Waals surface area contributed by atoms with E-state index in [4.69, 9.17) is 4.74 Å². The van der Waals surface area contributed by atoms with Crippen LogP contribution in [0.25, 0.3) is 5.70 Å². The van der Waals surface area contributed by atoms with Crippen LogP contribution in [0.1, 0.15) is 18.4 Å². The average molecular weight is 392 g/mol. The van der Waals surface area contributed by atoms with Gasteiger partial charge in [0.15, 0.2) is 0 Å². The Morgan fingerprint density at radius 1 is 1.45 bits per heavy atom. The molecule has 1 amide bonds. The highest BCUT2D eigenvalue weighted by Gasteiger charge is 2.26. The van der Waals surface area contributed by atoms with Crippen molar-refractivity contribution in [2.75, 3.05) is 18.7 Å². The van der Waals surface area contributed by atoms with E-state index in [9.17, 15) is 13.6 Å². The summed E-state index contributed by atoms with van der Waals surface area (Å²) in [6, 6.07) is 5.34. The molecule has 2 rings (SSSR count). The quantitative estimate of drug-likeness (QED) is 0.674. The molecule has 0 bridgehead atoms. The van der Waals surface area contributed by atoms with Gasteiger partial charge in [-0.25, -0.2) is 8.78 Å². The number of hydrogen-bond donors (Lipinski definition) is 0. The van der Waals surface area contributed by atoms with Crippen LogP contribution in [0, 0.1) is 0 Å². The molecule has 0 fully saturated rings. The first-order valence-corrected chi connectivity index (χ1v) is 8.92. The summed E-state index contributed by atoms with van der Waals surface area (Å²) in [5.74, 6) is 0.949. The van der Waals surface area contributed by atoms with Gasteiger partial charge in [-0.05, 0) is 46.8 Å². The zero-order valence-corrected chi connectivity index (χ0v) is 14.4. The van der Waals surface area contributed by atoms with Crippen LogP contribution in [-0.2, 0) is 4.79 Å². The Morgan fingerprint density at radius 3 is 2.86 bits per heavy atom. The van der Waals surface area contributed by atoms with Gasteiger partial charge in [-0.2, -0.15) is 0 Å². The minimum absolute atomic E-state index is 0.267. The minimum atomic E-state index is -2.56.